The number of nitrogens with zero attached hydrogens (tertiary/aromatic N) is 1. The van der Waals surface area contributed by atoms with Crippen molar-refractivity contribution in [3.63, 3.8) is 0 Å². The molecule has 0 bridgehead atoms. The molecular formula is C8H11NO2. The summed E-state index contributed by atoms with van der Waals surface area (Å²) in [6.07, 6.45) is 2.64. The van der Waals surface area contributed by atoms with Crippen molar-refractivity contribution >= 4 is 6.29 Å². The third kappa shape index (κ3) is 1.27. The highest BCUT2D eigenvalue weighted by Gasteiger charge is 2.05. The van der Waals surface area contributed by atoms with Crippen LogP contribution >= 0.6 is 0 Å². The molecule has 3 heteroatoms. The fraction of sp³-hybridized carbons (Fsp3) is 0.375. The number of hydrogen-bond donors (Lipinski definition) is 0. The van der Waals surface area contributed by atoms with Gasteiger partial charge < -0.3 is 9.30 Å². The normalized spacial score (nSPS) is 9.64. The molecule has 60 valence electrons. The van der Waals surface area contributed by atoms with E-state index < -0.39 is 0 Å². The van der Waals surface area contributed by atoms with E-state index in [1.54, 1.807) is 13.2 Å². The van der Waals surface area contributed by atoms with E-state index in [0.29, 0.717) is 11.4 Å². The average Bonchev–Trinajstić information content (AvgIpc) is 2.45. The summed E-state index contributed by atoms with van der Waals surface area (Å²) < 4.78 is 6.81. The fourth-order valence-corrected chi connectivity index (χ4v) is 1.04. The summed E-state index contributed by atoms with van der Waals surface area (Å²) in [4.78, 5) is 10.5. The number of aromatic nitrogens is 1. The Morgan fingerprint density at radius 1 is 1.73 bits per heavy atom. The van der Waals surface area contributed by atoms with Gasteiger partial charge in [0.1, 0.15) is 11.4 Å². The molecule has 0 N–H and O–H groups in total. The zero-order valence-corrected chi connectivity index (χ0v) is 6.70. The van der Waals surface area contributed by atoms with Crippen molar-refractivity contribution in [2.45, 2.75) is 13.5 Å². The topological polar surface area (TPSA) is 31.2 Å². The number of aryl methyl sites for hydroxylation is 1. The second kappa shape index (κ2) is 3.23. The lowest BCUT2D eigenvalue weighted by atomic mass is 10.4. The van der Waals surface area contributed by atoms with Gasteiger partial charge in [-0.3, -0.25) is 4.79 Å². The molecule has 0 atom stereocenters. The molecule has 1 heterocycles. The maximum atomic E-state index is 10.5. The minimum Gasteiger partial charge on any atom is -0.494 e. The van der Waals surface area contributed by atoms with E-state index in [2.05, 4.69) is 0 Å². The van der Waals surface area contributed by atoms with Crippen LogP contribution in [0.4, 0.5) is 0 Å². The van der Waals surface area contributed by atoms with Crippen molar-refractivity contribution in [2.24, 2.45) is 0 Å². The Labute approximate surface area is 65.6 Å². The number of methoxy groups -OCH3 is 1. The molecule has 0 unspecified atom stereocenters. The molecule has 1 aromatic rings. The summed E-state index contributed by atoms with van der Waals surface area (Å²) in [7, 11) is 1.56. The van der Waals surface area contributed by atoms with Gasteiger partial charge in [0.2, 0.25) is 0 Å². The molecule has 0 fully saturated rings. The van der Waals surface area contributed by atoms with Gasteiger partial charge >= 0.3 is 0 Å². The summed E-state index contributed by atoms with van der Waals surface area (Å²) in [5.74, 6) is 0.641. The number of carbonyl (C=O) groups excluding carboxylic acids is 1. The quantitative estimate of drug-likeness (QED) is 0.613. The van der Waals surface area contributed by atoms with Crippen molar-refractivity contribution in [2.75, 3.05) is 7.11 Å². The van der Waals surface area contributed by atoms with Gasteiger partial charge in [0.05, 0.1) is 7.11 Å². The molecule has 0 saturated heterocycles. The first-order valence-corrected chi connectivity index (χ1v) is 3.51. The molecule has 1 rings (SSSR count). The van der Waals surface area contributed by atoms with Crippen LogP contribution in [0.25, 0.3) is 0 Å². The Morgan fingerprint density at radius 3 is 2.91 bits per heavy atom. The zero-order chi connectivity index (χ0) is 8.27. The zero-order valence-electron chi connectivity index (χ0n) is 6.70. The molecule has 3 nitrogen and oxygen atoms in total. The lowest BCUT2D eigenvalue weighted by Gasteiger charge is -2.00. The van der Waals surface area contributed by atoms with Crippen LogP contribution in [0.3, 0.4) is 0 Å². The molecule has 0 aliphatic heterocycles. The minimum absolute atomic E-state index is 0.606. The predicted molar refractivity (Wildman–Crippen MR) is 42.0 cm³/mol. The lowest BCUT2D eigenvalue weighted by molar-refractivity contribution is 0.111. The highest BCUT2D eigenvalue weighted by molar-refractivity contribution is 5.77. The molecular weight excluding hydrogens is 142 g/mol. The summed E-state index contributed by atoms with van der Waals surface area (Å²) in [6, 6.07) is 1.78. The second-order valence-electron chi connectivity index (χ2n) is 2.17. The molecule has 11 heavy (non-hydrogen) atoms. The van der Waals surface area contributed by atoms with E-state index in [-0.39, 0.29) is 0 Å². The minimum atomic E-state index is 0.606. The number of rotatable bonds is 3. The first-order valence-electron chi connectivity index (χ1n) is 3.51. The Bertz CT molecular complexity index is 231. The van der Waals surface area contributed by atoms with Gasteiger partial charge in [-0.2, -0.15) is 0 Å². The van der Waals surface area contributed by atoms with E-state index in [4.69, 9.17) is 4.74 Å². The number of aldehydes is 1. The van der Waals surface area contributed by atoms with Crippen LogP contribution < -0.4 is 4.74 Å². The van der Waals surface area contributed by atoms with Gasteiger partial charge in [0.15, 0.2) is 6.29 Å². The molecule has 0 spiro atoms. The maximum absolute atomic E-state index is 10.5. The molecule has 0 amide bonds. The van der Waals surface area contributed by atoms with Crippen LogP contribution in [-0.4, -0.2) is 18.0 Å². The highest BCUT2D eigenvalue weighted by atomic mass is 16.5. The second-order valence-corrected chi connectivity index (χ2v) is 2.17. The van der Waals surface area contributed by atoms with E-state index in [9.17, 15) is 4.79 Å². The monoisotopic (exact) mass is 153 g/mol. The Morgan fingerprint density at radius 2 is 2.45 bits per heavy atom. The van der Waals surface area contributed by atoms with Crippen LogP contribution in [0.2, 0.25) is 0 Å². The van der Waals surface area contributed by atoms with Gasteiger partial charge in [-0.15, -0.1) is 0 Å². The summed E-state index contributed by atoms with van der Waals surface area (Å²) >= 11 is 0. The molecule has 0 aliphatic rings. The van der Waals surface area contributed by atoms with Crippen molar-refractivity contribution < 1.29 is 9.53 Å². The van der Waals surface area contributed by atoms with Crippen molar-refractivity contribution in [1.29, 1.82) is 0 Å². The fourth-order valence-electron chi connectivity index (χ4n) is 1.04. The van der Waals surface area contributed by atoms with E-state index in [0.717, 1.165) is 12.8 Å². The number of carbonyl (C=O) groups is 1. The van der Waals surface area contributed by atoms with Gasteiger partial charge in [-0.25, -0.2) is 0 Å². The largest absolute Gasteiger partial charge is 0.494 e. The Balaban J connectivity index is 3.08. The van der Waals surface area contributed by atoms with Crippen molar-refractivity contribution in [3.05, 3.63) is 18.0 Å². The van der Waals surface area contributed by atoms with Crippen LogP contribution in [-0.2, 0) is 6.54 Å². The van der Waals surface area contributed by atoms with Crippen molar-refractivity contribution in [3.8, 4) is 5.75 Å². The molecule has 0 saturated carbocycles. The van der Waals surface area contributed by atoms with Crippen molar-refractivity contribution in [1.82, 2.24) is 4.57 Å². The standard InChI is InChI=1S/C8H11NO2/c1-3-9-5-4-8(11-2)7(9)6-10/h4-6H,3H2,1-2H3. The van der Waals surface area contributed by atoms with E-state index >= 15 is 0 Å². The summed E-state index contributed by atoms with van der Waals surface area (Å²) in [5.41, 5.74) is 0.606. The predicted octanol–water partition coefficient (Wildman–Crippen LogP) is 1.33. The van der Waals surface area contributed by atoms with Crippen LogP contribution in [0.1, 0.15) is 17.4 Å². The highest BCUT2D eigenvalue weighted by Crippen LogP contribution is 2.16. The Kier molecular flexibility index (Phi) is 2.31. The third-order valence-electron chi connectivity index (χ3n) is 1.64. The summed E-state index contributed by atoms with van der Waals surface area (Å²) in [6.45, 7) is 2.77. The van der Waals surface area contributed by atoms with Gasteiger partial charge in [0.25, 0.3) is 0 Å². The van der Waals surface area contributed by atoms with Crippen LogP contribution in [0.15, 0.2) is 12.3 Å². The molecule has 1 aromatic heterocycles. The number of ether oxygens (including phenoxy) is 1. The van der Waals surface area contributed by atoms with E-state index in [1.165, 1.54) is 0 Å². The molecule has 0 radical (unpaired) electrons. The van der Waals surface area contributed by atoms with E-state index in [1.807, 2.05) is 17.7 Å². The smallest absolute Gasteiger partial charge is 0.170 e. The maximum Gasteiger partial charge on any atom is 0.170 e. The number of hydrogen-bond acceptors (Lipinski definition) is 2. The third-order valence-corrected chi connectivity index (χ3v) is 1.64. The molecule has 0 aromatic carbocycles. The van der Waals surface area contributed by atoms with Crippen LogP contribution in [0, 0.1) is 0 Å². The lowest BCUT2D eigenvalue weighted by Crippen LogP contribution is -1.98. The van der Waals surface area contributed by atoms with Gasteiger partial charge in [-0.05, 0) is 13.0 Å². The average molecular weight is 153 g/mol. The Hall–Kier alpha value is -1.25. The first kappa shape index (κ1) is 7.85. The SMILES string of the molecule is CCn1ccc(OC)c1C=O. The van der Waals surface area contributed by atoms with Gasteiger partial charge in [0, 0.05) is 12.7 Å². The molecule has 0 aliphatic carbocycles. The van der Waals surface area contributed by atoms with Crippen LogP contribution in [0.5, 0.6) is 5.75 Å². The van der Waals surface area contributed by atoms with Gasteiger partial charge in [-0.1, -0.05) is 0 Å². The first-order chi connectivity index (χ1) is 5.33. The summed E-state index contributed by atoms with van der Waals surface area (Å²) in [5, 5.41) is 0.